The molecule has 0 spiro atoms. The molecule has 2 fully saturated rings. The molecule has 15 heavy (non-hydrogen) atoms. The molecule has 0 aromatic heterocycles. The summed E-state index contributed by atoms with van der Waals surface area (Å²) in [4.78, 5) is 10.7. The van der Waals surface area contributed by atoms with E-state index in [1.807, 2.05) is 0 Å². The van der Waals surface area contributed by atoms with E-state index in [9.17, 15) is 13.6 Å². The number of halogens is 2. The number of carboxylic acid groups (broad SMARTS) is 1. The van der Waals surface area contributed by atoms with Gasteiger partial charge in [0.05, 0.1) is 0 Å². The van der Waals surface area contributed by atoms with Gasteiger partial charge in [-0.15, -0.1) is 0 Å². The molecule has 2 saturated carbocycles. The van der Waals surface area contributed by atoms with Crippen LogP contribution < -0.4 is 0 Å². The SMILES string of the molecule is O=C(O)CC1C2CCCC1CC(F)(F)C2. The Kier molecular flexibility index (Phi) is 2.69. The minimum Gasteiger partial charge on any atom is -0.481 e. The number of carbonyl (C=O) groups is 1. The Morgan fingerprint density at radius 3 is 2.27 bits per heavy atom. The summed E-state index contributed by atoms with van der Waals surface area (Å²) in [6.45, 7) is 0. The number of alkyl halides is 2. The number of hydrogen-bond donors (Lipinski definition) is 1. The zero-order valence-electron chi connectivity index (χ0n) is 8.59. The highest BCUT2D eigenvalue weighted by atomic mass is 19.3. The van der Waals surface area contributed by atoms with Gasteiger partial charge in [-0.05, 0) is 30.6 Å². The van der Waals surface area contributed by atoms with Crippen molar-refractivity contribution in [2.24, 2.45) is 17.8 Å². The minimum absolute atomic E-state index is 0.00382. The fourth-order valence-corrected chi connectivity index (χ4v) is 3.35. The predicted octanol–water partition coefficient (Wildman–Crippen LogP) is 2.92. The van der Waals surface area contributed by atoms with E-state index in [0.29, 0.717) is 0 Å². The van der Waals surface area contributed by atoms with E-state index >= 15 is 0 Å². The third-order valence-corrected chi connectivity index (χ3v) is 3.89. The molecule has 4 heteroatoms. The van der Waals surface area contributed by atoms with Crippen molar-refractivity contribution >= 4 is 5.97 Å². The molecule has 2 atom stereocenters. The summed E-state index contributed by atoms with van der Waals surface area (Å²) in [5.41, 5.74) is 0. The van der Waals surface area contributed by atoms with Gasteiger partial charge in [-0.2, -0.15) is 0 Å². The standard InChI is InChI=1S/C11H16F2O2/c12-11(13)5-7-2-1-3-8(6-11)9(7)4-10(14)15/h7-9H,1-6H2,(H,14,15). The third-order valence-electron chi connectivity index (χ3n) is 3.89. The van der Waals surface area contributed by atoms with Gasteiger partial charge in [0.25, 0.3) is 0 Å². The highest BCUT2D eigenvalue weighted by molar-refractivity contribution is 5.67. The molecule has 0 aliphatic heterocycles. The Bertz CT molecular complexity index is 249. The molecule has 0 aromatic carbocycles. The second kappa shape index (κ2) is 3.72. The fourth-order valence-electron chi connectivity index (χ4n) is 3.35. The largest absolute Gasteiger partial charge is 0.481 e. The average molecular weight is 218 g/mol. The molecule has 1 N–H and O–H groups in total. The maximum Gasteiger partial charge on any atom is 0.303 e. The second-order valence-corrected chi connectivity index (χ2v) is 4.98. The Morgan fingerprint density at radius 1 is 1.27 bits per heavy atom. The Labute approximate surface area is 87.7 Å². The van der Waals surface area contributed by atoms with Crippen LogP contribution in [0.3, 0.4) is 0 Å². The highest BCUT2D eigenvalue weighted by Gasteiger charge is 2.48. The van der Waals surface area contributed by atoms with E-state index in [2.05, 4.69) is 0 Å². The van der Waals surface area contributed by atoms with Gasteiger partial charge in [0.1, 0.15) is 0 Å². The summed E-state index contributed by atoms with van der Waals surface area (Å²) >= 11 is 0. The van der Waals surface area contributed by atoms with Gasteiger partial charge in [0, 0.05) is 19.3 Å². The Hall–Kier alpha value is -0.670. The van der Waals surface area contributed by atoms with E-state index in [1.54, 1.807) is 0 Å². The van der Waals surface area contributed by atoms with E-state index < -0.39 is 11.9 Å². The molecule has 2 aliphatic carbocycles. The van der Waals surface area contributed by atoms with Crippen molar-refractivity contribution in [1.29, 1.82) is 0 Å². The summed E-state index contributed by atoms with van der Waals surface area (Å²) in [5.74, 6) is -3.53. The zero-order valence-corrected chi connectivity index (χ0v) is 8.59. The van der Waals surface area contributed by atoms with Crippen LogP contribution in [-0.2, 0) is 4.79 Å². The van der Waals surface area contributed by atoms with Crippen molar-refractivity contribution in [3.63, 3.8) is 0 Å². The van der Waals surface area contributed by atoms with Crippen LogP contribution in [0.15, 0.2) is 0 Å². The molecule has 0 amide bonds. The molecule has 2 nitrogen and oxygen atoms in total. The zero-order chi connectivity index (χ0) is 11.1. The normalized spacial score (nSPS) is 38.7. The topological polar surface area (TPSA) is 37.3 Å². The fraction of sp³-hybridized carbons (Fsp3) is 0.909. The van der Waals surface area contributed by atoms with Crippen LogP contribution in [-0.4, -0.2) is 17.0 Å². The lowest BCUT2D eigenvalue weighted by Gasteiger charge is -2.45. The van der Waals surface area contributed by atoms with Crippen molar-refractivity contribution in [1.82, 2.24) is 0 Å². The first kappa shape index (κ1) is 10.8. The van der Waals surface area contributed by atoms with Crippen molar-refractivity contribution < 1.29 is 18.7 Å². The van der Waals surface area contributed by atoms with Crippen LogP contribution in [0.5, 0.6) is 0 Å². The molecule has 2 unspecified atom stereocenters. The van der Waals surface area contributed by atoms with E-state index in [1.165, 1.54) is 0 Å². The lowest BCUT2D eigenvalue weighted by Crippen LogP contribution is -2.42. The molecule has 0 aromatic rings. The summed E-state index contributed by atoms with van der Waals surface area (Å²) < 4.78 is 26.6. The molecule has 86 valence electrons. The van der Waals surface area contributed by atoms with Crippen LogP contribution in [0.2, 0.25) is 0 Å². The number of hydrogen-bond acceptors (Lipinski definition) is 1. The van der Waals surface area contributed by atoms with Crippen molar-refractivity contribution in [2.75, 3.05) is 0 Å². The Balaban J connectivity index is 2.10. The molecule has 2 rings (SSSR count). The first-order valence-corrected chi connectivity index (χ1v) is 5.57. The first-order valence-electron chi connectivity index (χ1n) is 5.57. The van der Waals surface area contributed by atoms with Crippen molar-refractivity contribution in [3.05, 3.63) is 0 Å². The quantitative estimate of drug-likeness (QED) is 0.773. The summed E-state index contributed by atoms with van der Waals surface area (Å²) in [6.07, 6.45) is 2.43. The van der Waals surface area contributed by atoms with Gasteiger partial charge >= 0.3 is 5.97 Å². The lowest BCUT2D eigenvalue weighted by molar-refractivity contribution is -0.146. The highest BCUT2D eigenvalue weighted by Crippen LogP contribution is 2.51. The van der Waals surface area contributed by atoms with Gasteiger partial charge in [-0.3, -0.25) is 4.79 Å². The summed E-state index contributed by atoms with van der Waals surface area (Å²) in [7, 11) is 0. The van der Waals surface area contributed by atoms with Gasteiger partial charge in [-0.25, -0.2) is 8.78 Å². The van der Waals surface area contributed by atoms with Crippen molar-refractivity contribution in [3.8, 4) is 0 Å². The van der Waals surface area contributed by atoms with E-state index in [-0.39, 0.29) is 37.0 Å². The predicted molar refractivity (Wildman–Crippen MR) is 50.8 cm³/mol. The van der Waals surface area contributed by atoms with Crippen molar-refractivity contribution in [2.45, 2.75) is 44.4 Å². The molecule has 2 bridgehead atoms. The second-order valence-electron chi connectivity index (χ2n) is 4.98. The van der Waals surface area contributed by atoms with Crippen LogP contribution in [0.4, 0.5) is 8.78 Å². The Morgan fingerprint density at radius 2 is 1.80 bits per heavy atom. The van der Waals surface area contributed by atoms with Gasteiger partial charge in [0.2, 0.25) is 5.92 Å². The summed E-state index contributed by atoms with van der Waals surface area (Å²) in [5, 5.41) is 8.76. The molecular weight excluding hydrogens is 202 g/mol. The number of rotatable bonds is 2. The monoisotopic (exact) mass is 218 g/mol. The number of carboxylic acids is 1. The lowest BCUT2D eigenvalue weighted by atomic mass is 9.62. The summed E-state index contributed by atoms with van der Waals surface area (Å²) in [6, 6.07) is 0. The first-order chi connectivity index (χ1) is 6.98. The maximum absolute atomic E-state index is 13.3. The average Bonchev–Trinajstić information content (AvgIpc) is 2.05. The molecule has 0 radical (unpaired) electrons. The minimum atomic E-state index is -2.55. The van der Waals surface area contributed by atoms with Crippen LogP contribution in [0.25, 0.3) is 0 Å². The molecule has 0 heterocycles. The maximum atomic E-state index is 13.3. The molecule has 2 aliphatic rings. The molecule has 0 saturated heterocycles. The number of aliphatic carboxylic acids is 1. The van der Waals surface area contributed by atoms with Crippen LogP contribution in [0.1, 0.15) is 38.5 Å². The van der Waals surface area contributed by atoms with E-state index in [4.69, 9.17) is 5.11 Å². The molecular formula is C11H16F2O2. The van der Waals surface area contributed by atoms with Crippen LogP contribution >= 0.6 is 0 Å². The third kappa shape index (κ3) is 2.29. The van der Waals surface area contributed by atoms with Gasteiger partial charge in [-0.1, -0.05) is 6.42 Å². The van der Waals surface area contributed by atoms with Crippen LogP contribution in [0, 0.1) is 17.8 Å². The number of fused-ring (bicyclic) bond motifs is 2. The van der Waals surface area contributed by atoms with Gasteiger partial charge in [0.15, 0.2) is 0 Å². The smallest absolute Gasteiger partial charge is 0.303 e. The van der Waals surface area contributed by atoms with Gasteiger partial charge < -0.3 is 5.11 Å². The van der Waals surface area contributed by atoms with E-state index in [0.717, 1.165) is 19.3 Å².